The fourth-order valence-electron chi connectivity index (χ4n) is 2.65. The van der Waals surface area contributed by atoms with Crippen LogP contribution in [0.5, 0.6) is 5.75 Å². The van der Waals surface area contributed by atoms with Crippen molar-refractivity contribution in [2.45, 2.75) is 32.6 Å². The van der Waals surface area contributed by atoms with Gasteiger partial charge in [0.05, 0.1) is 5.71 Å². The highest BCUT2D eigenvalue weighted by Gasteiger charge is 2.21. The van der Waals surface area contributed by atoms with Crippen LogP contribution in [0.1, 0.15) is 47.1 Å². The van der Waals surface area contributed by atoms with Gasteiger partial charge in [0.25, 0.3) is 5.91 Å². The van der Waals surface area contributed by atoms with Gasteiger partial charge in [0, 0.05) is 16.8 Å². The maximum atomic E-state index is 12.2. The predicted octanol–water partition coefficient (Wildman–Crippen LogP) is 2.15. The molecule has 0 radical (unpaired) electrons. The maximum Gasteiger partial charge on any atom is 0.292 e. The van der Waals surface area contributed by atoms with E-state index in [0.717, 1.165) is 42.5 Å². The van der Waals surface area contributed by atoms with Gasteiger partial charge in [-0.3, -0.25) is 9.89 Å². The first-order chi connectivity index (χ1) is 10.6. The minimum Gasteiger partial charge on any atom is -0.508 e. The van der Waals surface area contributed by atoms with Crippen LogP contribution in [-0.2, 0) is 12.8 Å². The molecule has 0 spiro atoms. The first-order valence-corrected chi connectivity index (χ1v) is 7.35. The van der Waals surface area contributed by atoms with Gasteiger partial charge >= 0.3 is 0 Å². The number of aromatic amines is 1. The molecule has 0 atom stereocenters. The lowest BCUT2D eigenvalue weighted by molar-refractivity contribution is 0.0949. The zero-order valence-corrected chi connectivity index (χ0v) is 12.4. The molecule has 0 saturated carbocycles. The minimum absolute atomic E-state index is 0.166. The van der Waals surface area contributed by atoms with E-state index in [2.05, 4.69) is 20.7 Å². The summed E-state index contributed by atoms with van der Waals surface area (Å²) in [5.74, 6) is -0.140. The Morgan fingerprint density at radius 3 is 3.00 bits per heavy atom. The summed E-state index contributed by atoms with van der Waals surface area (Å²) in [5, 5.41) is 20.6. The minimum atomic E-state index is -0.307. The van der Waals surface area contributed by atoms with Crippen molar-refractivity contribution >= 4 is 11.6 Å². The first-order valence-electron chi connectivity index (χ1n) is 7.35. The third kappa shape index (κ3) is 2.86. The van der Waals surface area contributed by atoms with E-state index in [9.17, 15) is 9.90 Å². The highest BCUT2D eigenvalue weighted by Crippen LogP contribution is 2.22. The molecule has 3 rings (SSSR count). The number of carbonyl (C=O) groups excluding carboxylic acids is 1. The number of nitrogens with zero attached hydrogens (tertiary/aromatic N) is 2. The Balaban J connectivity index is 1.74. The third-order valence-corrected chi connectivity index (χ3v) is 3.86. The van der Waals surface area contributed by atoms with Gasteiger partial charge in [0.15, 0.2) is 5.69 Å². The molecule has 1 aliphatic rings. The van der Waals surface area contributed by atoms with Crippen molar-refractivity contribution in [3.63, 3.8) is 0 Å². The second-order valence-electron chi connectivity index (χ2n) is 5.42. The van der Waals surface area contributed by atoms with Gasteiger partial charge in [0.1, 0.15) is 5.75 Å². The number of hydrazone groups is 1. The number of aryl methyl sites for hydroxylation is 1. The van der Waals surface area contributed by atoms with Crippen LogP contribution in [0.3, 0.4) is 0 Å². The van der Waals surface area contributed by atoms with Crippen LogP contribution in [0.15, 0.2) is 29.4 Å². The smallest absolute Gasteiger partial charge is 0.292 e. The Hall–Kier alpha value is -2.63. The van der Waals surface area contributed by atoms with Crippen LogP contribution < -0.4 is 5.43 Å². The molecule has 0 aliphatic heterocycles. The second kappa shape index (κ2) is 6.01. The van der Waals surface area contributed by atoms with Crippen LogP contribution in [0.25, 0.3) is 0 Å². The van der Waals surface area contributed by atoms with Crippen molar-refractivity contribution in [1.82, 2.24) is 15.6 Å². The summed E-state index contributed by atoms with van der Waals surface area (Å²) in [6, 6.07) is 6.74. The number of phenols is 1. The highest BCUT2D eigenvalue weighted by atomic mass is 16.3. The molecule has 1 aliphatic carbocycles. The van der Waals surface area contributed by atoms with Gasteiger partial charge in [-0.05, 0) is 44.7 Å². The lowest BCUT2D eigenvalue weighted by atomic mass is 9.96. The van der Waals surface area contributed by atoms with Gasteiger partial charge in [0.2, 0.25) is 0 Å². The summed E-state index contributed by atoms with van der Waals surface area (Å²) in [4.78, 5) is 12.2. The maximum absolute atomic E-state index is 12.2. The number of fused-ring (bicyclic) bond motifs is 1. The van der Waals surface area contributed by atoms with Gasteiger partial charge in [-0.1, -0.05) is 12.1 Å². The van der Waals surface area contributed by atoms with Crippen LogP contribution in [0, 0.1) is 0 Å². The van der Waals surface area contributed by atoms with E-state index in [0.29, 0.717) is 11.4 Å². The average molecular weight is 298 g/mol. The van der Waals surface area contributed by atoms with Crippen molar-refractivity contribution in [3.05, 3.63) is 46.8 Å². The number of amides is 1. The topological polar surface area (TPSA) is 90.4 Å². The normalized spacial score (nSPS) is 14.5. The first kappa shape index (κ1) is 14.3. The molecule has 1 amide bonds. The summed E-state index contributed by atoms with van der Waals surface area (Å²) in [6.07, 6.45) is 4.04. The van der Waals surface area contributed by atoms with Crippen LogP contribution in [0.4, 0.5) is 0 Å². The SMILES string of the molecule is CC(=NNC(=O)c1n[nH]c2c1CCCC2)c1cccc(O)c1. The summed E-state index contributed by atoms with van der Waals surface area (Å²) >= 11 is 0. The van der Waals surface area contributed by atoms with Gasteiger partial charge < -0.3 is 5.11 Å². The number of H-pyrrole nitrogens is 1. The molecule has 22 heavy (non-hydrogen) atoms. The molecule has 0 saturated heterocycles. The molecule has 1 aromatic carbocycles. The lowest BCUT2D eigenvalue weighted by Gasteiger charge is -2.10. The number of hydrogen-bond donors (Lipinski definition) is 3. The quantitative estimate of drug-likeness (QED) is 0.599. The Morgan fingerprint density at radius 2 is 2.18 bits per heavy atom. The zero-order valence-electron chi connectivity index (χ0n) is 12.4. The Bertz CT molecular complexity index is 733. The van der Waals surface area contributed by atoms with Crippen LogP contribution >= 0.6 is 0 Å². The number of benzene rings is 1. The number of aromatic nitrogens is 2. The molecule has 0 bridgehead atoms. The number of phenolic OH excluding ortho intramolecular Hbond substituents is 1. The van der Waals surface area contributed by atoms with Crippen molar-refractivity contribution in [1.29, 1.82) is 0 Å². The van der Waals surface area contributed by atoms with Crippen molar-refractivity contribution in [2.24, 2.45) is 5.10 Å². The van der Waals surface area contributed by atoms with Crippen molar-refractivity contribution in [2.75, 3.05) is 0 Å². The number of hydrogen-bond acceptors (Lipinski definition) is 4. The number of nitrogens with one attached hydrogen (secondary N) is 2. The summed E-state index contributed by atoms with van der Waals surface area (Å²) in [7, 11) is 0. The summed E-state index contributed by atoms with van der Waals surface area (Å²) in [5.41, 5.74) is 6.41. The fraction of sp³-hybridized carbons (Fsp3) is 0.312. The molecule has 0 fully saturated rings. The average Bonchev–Trinajstić information content (AvgIpc) is 2.96. The second-order valence-corrected chi connectivity index (χ2v) is 5.42. The standard InChI is InChI=1S/C16H18N4O2/c1-10(11-5-4-6-12(21)9-11)17-20-16(22)15-13-7-2-3-8-14(13)18-19-15/h4-6,9,21H,2-3,7-8H2,1H3,(H,18,19)(H,20,22). The monoisotopic (exact) mass is 298 g/mol. The fourth-order valence-corrected chi connectivity index (χ4v) is 2.65. The van der Waals surface area contributed by atoms with Gasteiger partial charge in [-0.15, -0.1) is 0 Å². The van der Waals surface area contributed by atoms with E-state index in [1.54, 1.807) is 25.1 Å². The van der Waals surface area contributed by atoms with E-state index < -0.39 is 0 Å². The molecular weight excluding hydrogens is 280 g/mol. The largest absolute Gasteiger partial charge is 0.508 e. The summed E-state index contributed by atoms with van der Waals surface area (Å²) < 4.78 is 0. The Kier molecular flexibility index (Phi) is 3.91. The molecule has 3 N–H and O–H groups in total. The molecule has 6 heteroatoms. The lowest BCUT2D eigenvalue weighted by Crippen LogP contribution is -2.21. The van der Waals surface area contributed by atoms with E-state index in [1.807, 2.05) is 6.07 Å². The zero-order chi connectivity index (χ0) is 15.5. The van der Waals surface area contributed by atoms with E-state index in [4.69, 9.17) is 0 Å². The molecule has 2 aromatic rings. The summed E-state index contributed by atoms with van der Waals surface area (Å²) in [6.45, 7) is 1.77. The molecule has 114 valence electrons. The third-order valence-electron chi connectivity index (χ3n) is 3.86. The number of carbonyl (C=O) groups is 1. The van der Waals surface area contributed by atoms with Crippen LogP contribution in [0.2, 0.25) is 0 Å². The van der Waals surface area contributed by atoms with Gasteiger partial charge in [-0.2, -0.15) is 10.2 Å². The van der Waals surface area contributed by atoms with Crippen molar-refractivity contribution in [3.8, 4) is 5.75 Å². The predicted molar refractivity (Wildman–Crippen MR) is 83.0 cm³/mol. The Labute approximate surface area is 128 Å². The Morgan fingerprint density at radius 1 is 1.36 bits per heavy atom. The molecule has 1 aromatic heterocycles. The molecular formula is C16H18N4O2. The van der Waals surface area contributed by atoms with Crippen LogP contribution in [-0.4, -0.2) is 26.9 Å². The molecule has 0 unspecified atom stereocenters. The van der Waals surface area contributed by atoms with E-state index in [-0.39, 0.29) is 11.7 Å². The van der Waals surface area contributed by atoms with E-state index in [1.165, 1.54) is 0 Å². The van der Waals surface area contributed by atoms with Crippen molar-refractivity contribution < 1.29 is 9.90 Å². The number of rotatable bonds is 3. The number of aromatic hydroxyl groups is 1. The van der Waals surface area contributed by atoms with E-state index >= 15 is 0 Å². The van der Waals surface area contributed by atoms with Gasteiger partial charge in [-0.25, -0.2) is 5.43 Å². The molecule has 1 heterocycles. The highest BCUT2D eigenvalue weighted by molar-refractivity contribution is 6.01. The molecule has 6 nitrogen and oxygen atoms in total.